The summed E-state index contributed by atoms with van der Waals surface area (Å²) in [5.74, 6) is 1.05. The summed E-state index contributed by atoms with van der Waals surface area (Å²) in [6, 6.07) is 6.43. The minimum absolute atomic E-state index is 0.218. The second-order valence-electron chi connectivity index (χ2n) is 6.45. The number of nitriles is 1. The van der Waals surface area contributed by atoms with Crippen LogP contribution >= 0.6 is 11.9 Å². The van der Waals surface area contributed by atoms with Gasteiger partial charge in [0.05, 0.1) is 18.2 Å². The molecule has 0 saturated carbocycles. The molecule has 0 aromatic carbocycles. The molecule has 0 bridgehead atoms. The Kier molecular flexibility index (Phi) is 4.02. The lowest BCUT2D eigenvalue weighted by Gasteiger charge is -2.48. The minimum Gasteiger partial charge on any atom is -0.346 e. The van der Waals surface area contributed by atoms with E-state index in [2.05, 4.69) is 33.5 Å². The van der Waals surface area contributed by atoms with Gasteiger partial charge in [0.1, 0.15) is 11.2 Å². The lowest BCUT2D eigenvalue weighted by Crippen LogP contribution is -2.60. The van der Waals surface area contributed by atoms with Gasteiger partial charge in [0, 0.05) is 48.4 Å². The molecule has 0 unspecified atom stereocenters. The first-order chi connectivity index (χ1) is 12.2. The molecule has 6 nitrogen and oxygen atoms in total. The smallest absolute Gasteiger partial charge is 0.137 e. The van der Waals surface area contributed by atoms with Gasteiger partial charge in [-0.2, -0.15) is 10.4 Å². The van der Waals surface area contributed by atoms with Crippen molar-refractivity contribution >= 4 is 23.0 Å². The van der Waals surface area contributed by atoms with Crippen molar-refractivity contribution in [1.29, 1.82) is 5.26 Å². The van der Waals surface area contributed by atoms with Crippen LogP contribution < -0.4 is 0 Å². The molecule has 1 aliphatic rings. The van der Waals surface area contributed by atoms with Crippen molar-refractivity contribution in [2.45, 2.75) is 25.8 Å². The molecule has 1 saturated heterocycles. The normalized spacial score (nSPS) is 16.7. The van der Waals surface area contributed by atoms with Crippen molar-refractivity contribution in [3.05, 3.63) is 36.4 Å². The Bertz CT molecular complexity index is 944. The second kappa shape index (κ2) is 6.21. The van der Waals surface area contributed by atoms with Crippen LogP contribution in [0.5, 0.6) is 0 Å². The SMILES string of the molecule is CCSN1CC(CC#N)(n2cc(-c3ccnc4[nH]ccc34)c(C)n2)C1. The molecule has 1 fully saturated rings. The fraction of sp³-hybridized carbons (Fsp3) is 0.389. The highest BCUT2D eigenvalue weighted by molar-refractivity contribution is 7.97. The van der Waals surface area contributed by atoms with Crippen LogP contribution in [0.2, 0.25) is 0 Å². The summed E-state index contributed by atoms with van der Waals surface area (Å²) < 4.78 is 4.33. The molecule has 1 N–H and O–H groups in total. The molecule has 0 aliphatic carbocycles. The van der Waals surface area contributed by atoms with E-state index in [-0.39, 0.29) is 5.54 Å². The molecule has 0 spiro atoms. The Morgan fingerprint density at radius 3 is 2.96 bits per heavy atom. The number of nitrogens with zero attached hydrogens (tertiary/aromatic N) is 5. The van der Waals surface area contributed by atoms with Gasteiger partial charge in [0.15, 0.2) is 0 Å². The maximum absolute atomic E-state index is 9.32. The molecular weight excluding hydrogens is 332 g/mol. The number of nitrogens with one attached hydrogen (secondary N) is 1. The number of pyridine rings is 1. The molecular formula is C18H20N6S. The standard InChI is InChI=1S/C18H20N6S/c1-3-25-23-11-18(12-23,6-7-19)24-10-16(13(2)22-24)14-4-8-20-17-15(14)5-9-21-17/h4-5,8-10H,3,6,11-12H2,1-2H3,(H,20,21). The summed E-state index contributed by atoms with van der Waals surface area (Å²) in [5.41, 5.74) is 3.87. The van der Waals surface area contributed by atoms with Crippen LogP contribution in [0.25, 0.3) is 22.2 Å². The highest BCUT2D eigenvalue weighted by Crippen LogP contribution is 2.38. The van der Waals surface area contributed by atoms with Crippen LogP contribution in [-0.4, -0.2) is 42.9 Å². The summed E-state index contributed by atoms with van der Waals surface area (Å²) >= 11 is 1.82. The van der Waals surface area contributed by atoms with Gasteiger partial charge >= 0.3 is 0 Å². The summed E-state index contributed by atoms with van der Waals surface area (Å²) in [6.45, 7) is 5.89. The van der Waals surface area contributed by atoms with Gasteiger partial charge in [-0.05, 0) is 24.6 Å². The Hall–Kier alpha value is -2.30. The third kappa shape index (κ3) is 2.62. The maximum Gasteiger partial charge on any atom is 0.137 e. The Balaban J connectivity index is 1.73. The summed E-state index contributed by atoms with van der Waals surface area (Å²) in [4.78, 5) is 7.52. The van der Waals surface area contributed by atoms with Crippen LogP contribution in [-0.2, 0) is 5.54 Å². The Morgan fingerprint density at radius 2 is 2.20 bits per heavy atom. The summed E-state index contributed by atoms with van der Waals surface area (Å²) in [7, 11) is 0. The van der Waals surface area contributed by atoms with E-state index in [1.165, 1.54) is 0 Å². The molecule has 7 heteroatoms. The van der Waals surface area contributed by atoms with Crippen molar-refractivity contribution in [3.8, 4) is 17.2 Å². The zero-order valence-corrected chi connectivity index (χ0v) is 15.2. The highest BCUT2D eigenvalue weighted by atomic mass is 32.2. The van der Waals surface area contributed by atoms with E-state index >= 15 is 0 Å². The molecule has 128 valence electrons. The number of aromatic nitrogens is 4. The third-order valence-electron chi connectivity index (χ3n) is 4.80. The molecule has 3 aromatic rings. The number of aromatic amines is 1. The molecule has 0 amide bonds. The van der Waals surface area contributed by atoms with Gasteiger partial charge < -0.3 is 4.98 Å². The number of hydrogen-bond donors (Lipinski definition) is 1. The van der Waals surface area contributed by atoms with Crippen LogP contribution in [0, 0.1) is 18.3 Å². The van der Waals surface area contributed by atoms with E-state index in [1.807, 2.05) is 48.1 Å². The first-order valence-electron chi connectivity index (χ1n) is 8.41. The molecule has 25 heavy (non-hydrogen) atoms. The van der Waals surface area contributed by atoms with Crippen molar-refractivity contribution in [3.63, 3.8) is 0 Å². The van der Waals surface area contributed by atoms with E-state index in [0.717, 1.165) is 46.7 Å². The Morgan fingerprint density at radius 1 is 1.36 bits per heavy atom. The average molecular weight is 352 g/mol. The zero-order chi connectivity index (χ0) is 17.4. The van der Waals surface area contributed by atoms with E-state index in [0.29, 0.717) is 6.42 Å². The lowest BCUT2D eigenvalue weighted by molar-refractivity contribution is 0.0809. The van der Waals surface area contributed by atoms with Gasteiger partial charge in [-0.1, -0.05) is 18.9 Å². The van der Waals surface area contributed by atoms with Crippen LogP contribution in [0.3, 0.4) is 0 Å². The summed E-state index contributed by atoms with van der Waals surface area (Å²) in [5, 5.41) is 15.2. The number of H-pyrrole nitrogens is 1. The van der Waals surface area contributed by atoms with E-state index in [9.17, 15) is 5.26 Å². The lowest BCUT2D eigenvalue weighted by atomic mass is 9.89. The fourth-order valence-electron chi connectivity index (χ4n) is 3.53. The topological polar surface area (TPSA) is 73.5 Å². The first kappa shape index (κ1) is 16.2. The minimum atomic E-state index is -0.218. The van der Waals surface area contributed by atoms with Gasteiger partial charge in [0.2, 0.25) is 0 Å². The van der Waals surface area contributed by atoms with Gasteiger partial charge in [0.25, 0.3) is 0 Å². The molecule has 0 atom stereocenters. The monoisotopic (exact) mass is 352 g/mol. The highest BCUT2D eigenvalue weighted by Gasteiger charge is 2.45. The maximum atomic E-state index is 9.32. The van der Waals surface area contributed by atoms with Gasteiger partial charge in [-0.25, -0.2) is 9.29 Å². The number of rotatable bonds is 5. The predicted molar refractivity (Wildman–Crippen MR) is 100.0 cm³/mol. The van der Waals surface area contributed by atoms with Crippen molar-refractivity contribution in [1.82, 2.24) is 24.1 Å². The van der Waals surface area contributed by atoms with Gasteiger partial charge in [-0.3, -0.25) is 4.68 Å². The van der Waals surface area contributed by atoms with E-state index in [1.54, 1.807) is 0 Å². The number of fused-ring (bicyclic) bond motifs is 1. The number of hydrogen-bond acceptors (Lipinski definition) is 5. The second-order valence-corrected chi connectivity index (χ2v) is 7.80. The van der Waals surface area contributed by atoms with Crippen molar-refractivity contribution in [2.24, 2.45) is 0 Å². The first-order valence-corrected chi connectivity index (χ1v) is 9.35. The average Bonchev–Trinajstić information content (AvgIpc) is 3.19. The van der Waals surface area contributed by atoms with Crippen molar-refractivity contribution < 1.29 is 0 Å². The van der Waals surface area contributed by atoms with Gasteiger partial charge in [-0.15, -0.1) is 0 Å². The van der Waals surface area contributed by atoms with E-state index in [4.69, 9.17) is 5.10 Å². The third-order valence-corrected chi connectivity index (χ3v) is 5.68. The molecule has 1 aliphatic heterocycles. The van der Waals surface area contributed by atoms with Crippen LogP contribution in [0.4, 0.5) is 0 Å². The largest absolute Gasteiger partial charge is 0.346 e. The molecule has 3 aromatic heterocycles. The molecule has 0 radical (unpaired) electrons. The van der Waals surface area contributed by atoms with Crippen LogP contribution in [0.15, 0.2) is 30.7 Å². The quantitative estimate of drug-likeness (QED) is 0.713. The zero-order valence-electron chi connectivity index (χ0n) is 14.4. The predicted octanol–water partition coefficient (Wildman–Crippen LogP) is 3.33. The van der Waals surface area contributed by atoms with Crippen molar-refractivity contribution in [2.75, 3.05) is 18.8 Å². The van der Waals surface area contributed by atoms with E-state index < -0.39 is 0 Å². The molecule has 4 rings (SSSR count). The summed E-state index contributed by atoms with van der Waals surface area (Å²) in [6.07, 6.45) is 6.30. The fourth-order valence-corrected chi connectivity index (χ4v) is 4.56. The molecule has 4 heterocycles. The Labute approximate surface area is 151 Å². The number of aryl methyl sites for hydroxylation is 1. The van der Waals surface area contributed by atoms with Crippen LogP contribution in [0.1, 0.15) is 19.0 Å².